The van der Waals surface area contributed by atoms with E-state index in [2.05, 4.69) is 11.8 Å². The van der Waals surface area contributed by atoms with E-state index in [1.165, 1.54) is 0 Å². The summed E-state index contributed by atoms with van der Waals surface area (Å²) in [5.74, 6) is 6.02. The molecule has 1 aliphatic carbocycles. The van der Waals surface area contributed by atoms with Gasteiger partial charge in [-0.25, -0.2) is 0 Å². The molecule has 0 aromatic carbocycles. The van der Waals surface area contributed by atoms with E-state index in [-0.39, 0.29) is 24.7 Å². The average Bonchev–Trinajstić information content (AvgIpc) is 2.33. The molecule has 0 saturated carbocycles. The zero-order chi connectivity index (χ0) is 16.4. The highest BCUT2D eigenvalue weighted by Crippen LogP contribution is 2.46. The van der Waals surface area contributed by atoms with Crippen LogP contribution in [0.25, 0.3) is 0 Å². The number of ketones is 1. The second kappa shape index (κ2) is 6.17. The molecule has 0 bridgehead atoms. The van der Waals surface area contributed by atoms with E-state index < -0.39 is 11.0 Å². The van der Waals surface area contributed by atoms with Crippen molar-refractivity contribution in [3.63, 3.8) is 0 Å². The standard InChI is InChI=1S/C18H26O3/c1-12(2)16-14(4)18(21,9-7-13(3)8-10-19)17(5,6)11-15(16)20/h8,12,19,21H,10-11H2,1-6H3. The van der Waals surface area contributed by atoms with Crippen LogP contribution in [-0.2, 0) is 4.79 Å². The van der Waals surface area contributed by atoms with Gasteiger partial charge in [-0.05, 0) is 37.0 Å². The first-order chi connectivity index (χ1) is 9.56. The Morgan fingerprint density at radius 2 is 2.00 bits per heavy atom. The van der Waals surface area contributed by atoms with Crippen LogP contribution in [0.5, 0.6) is 0 Å². The van der Waals surface area contributed by atoms with Crippen molar-refractivity contribution in [2.24, 2.45) is 11.3 Å². The van der Waals surface area contributed by atoms with Crippen molar-refractivity contribution in [2.45, 2.75) is 53.6 Å². The fourth-order valence-corrected chi connectivity index (χ4v) is 2.93. The van der Waals surface area contributed by atoms with Crippen LogP contribution < -0.4 is 0 Å². The van der Waals surface area contributed by atoms with Gasteiger partial charge >= 0.3 is 0 Å². The van der Waals surface area contributed by atoms with Crippen LogP contribution in [0.2, 0.25) is 0 Å². The SMILES string of the molecule is CC(C#CC1(O)C(C)=C(C(C)C)C(=O)CC1(C)C)=CCO. The summed E-state index contributed by atoms with van der Waals surface area (Å²) in [6.45, 7) is 11.2. The number of aliphatic hydroxyl groups excluding tert-OH is 1. The summed E-state index contributed by atoms with van der Waals surface area (Å²) in [6.07, 6.45) is 1.88. The van der Waals surface area contributed by atoms with Gasteiger partial charge in [0, 0.05) is 17.4 Å². The maximum Gasteiger partial charge on any atom is 0.159 e. The molecule has 0 amide bonds. The van der Waals surface area contributed by atoms with Crippen LogP contribution in [0, 0.1) is 23.2 Å². The van der Waals surface area contributed by atoms with Crippen LogP contribution in [0.4, 0.5) is 0 Å². The number of hydrogen-bond acceptors (Lipinski definition) is 3. The lowest BCUT2D eigenvalue weighted by Crippen LogP contribution is -2.50. The molecule has 3 nitrogen and oxygen atoms in total. The van der Waals surface area contributed by atoms with Crippen molar-refractivity contribution < 1.29 is 15.0 Å². The Bertz CT molecular complexity index is 553. The summed E-state index contributed by atoms with van der Waals surface area (Å²) in [6, 6.07) is 0. The first-order valence-electron chi connectivity index (χ1n) is 7.34. The highest BCUT2D eigenvalue weighted by molar-refractivity contribution is 5.99. The van der Waals surface area contributed by atoms with E-state index >= 15 is 0 Å². The lowest BCUT2D eigenvalue weighted by Gasteiger charge is -2.44. The van der Waals surface area contributed by atoms with Crippen molar-refractivity contribution >= 4 is 5.78 Å². The molecule has 0 saturated heterocycles. The summed E-state index contributed by atoms with van der Waals surface area (Å²) in [7, 11) is 0. The monoisotopic (exact) mass is 290 g/mol. The largest absolute Gasteiger partial charge is 0.392 e. The molecule has 1 unspecified atom stereocenters. The molecule has 0 spiro atoms. The fourth-order valence-electron chi connectivity index (χ4n) is 2.93. The van der Waals surface area contributed by atoms with Gasteiger partial charge in [0.2, 0.25) is 0 Å². The third-order valence-corrected chi connectivity index (χ3v) is 4.24. The minimum absolute atomic E-state index is 0.0657. The topological polar surface area (TPSA) is 57.5 Å². The molecule has 0 fully saturated rings. The number of aliphatic hydroxyl groups is 2. The Morgan fingerprint density at radius 3 is 2.48 bits per heavy atom. The van der Waals surface area contributed by atoms with Gasteiger partial charge in [0.05, 0.1) is 6.61 Å². The van der Waals surface area contributed by atoms with Gasteiger partial charge in [0.1, 0.15) is 0 Å². The lowest BCUT2D eigenvalue weighted by atomic mass is 9.61. The first-order valence-corrected chi connectivity index (χ1v) is 7.34. The maximum absolute atomic E-state index is 12.3. The molecule has 0 heterocycles. The molecule has 21 heavy (non-hydrogen) atoms. The Hall–Kier alpha value is -1.37. The van der Waals surface area contributed by atoms with E-state index in [9.17, 15) is 9.90 Å². The van der Waals surface area contributed by atoms with Crippen molar-refractivity contribution in [1.82, 2.24) is 0 Å². The summed E-state index contributed by atoms with van der Waals surface area (Å²) in [4.78, 5) is 12.3. The highest BCUT2D eigenvalue weighted by atomic mass is 16.3. The van der Waals surface area contributed by atoms with Gasteiger partial charge in [-0.1, -0.05) is 39.5 Å². The van der Waals surface area contributed by atoms with Gasteiger partial charge in [-0.2, -0.15) is 0 Å². The van der Waals surface area contributed by atoms with E-state index in [0.717, 1.165) is 0 Å². The van der Waals surface area contributed by atoms with Crippen molar-refractivity contribution in [2.75, 3.05) is 6.61 Å². The summed E-state index contributed by atoms with van der Waals surface area (Å²) >= 11 is 0. The molecule has 2 N–H and O–H groups in total. The molecule has 0 radical (unpaired) electrons. The molecule has 1 aliphatic rings. The molecule has 0 aliphatic heterocycles. The van der Waals surface area contributed by atoms with E-state index in [4.69, 9.17) is 5.11 Å². The summed E-state index contributed by atoms with van der Waals surface area (Å²) in [5, 5.41) is 20.0. The minimum atomic E-state index is -1.33. The smallest absolute Gasteiger partial charge is 0.159 e. The molecule has 0 aromatic rings. The first kappa shape index (κ1) is 17.7. The molecule has 1 rings (SSSR count). The summed E-state index contributed by atoms with van der Waals surface area (Å²) < 4.78 is 0. The number of carbonyl (C=O) groups is 1. The minimum Gasteiger partial charge on any atom is -0.392 e. The van der Waals surface area contributed by atoms with Crippen molar-refractivity contribution in [1.29, 1.82) is 0 Å². The number of allylic oxidation sites excluding steroid dienone is 2. The van der Waals surface area contributed by atoms with E-state index in [0.29, 0.717) is 16.7 Å². The van der Waals surface area contributed by atoms with Crippen LogP contribution in [0.15, 0.2) is 22.8 Å². The molecule has 1 atom stereocenters. The van der Waals surface area contributed by atoms with Crippen LogP contribution >= 0.6 is 0 Å². The van der Waals surface area contributed by atoms with Gasteiger partial charge < -0.3 is 10.2 Å². The van der Waals surface area contributed by atoms with Gasteiger partial charge in [0.15, 0.2) is 11.4 Å². The van der Waals surface area contributed by atoms with E-state index in [1.807, 2.05) is 27.7 Å². The molecular weight excluding hydrogens is 264 g/mol. The predicted octanol–water partition coefficient (Wildman–Crippen LogP) is 2.63. The van der Waals surface area contributed by atoms with Crippen LogP contribution in [0.1, 0.15) is 48.0 Å². The second-order valence-corrected chi connectivity index (χ2v) is 6.71. The Balaban J connectivity index is 3.47. The third-order valence-electron chi connectivity index (χ3n) is 4.24. The van der Waals surface area contributed by atoms with Gasteiger partial charge in [0.25, 0.3) is 0 Å². The number of carbonyl (C=O) groups excluding carboxylic acids is 1. The van der Waals surface area contributed by atoms with Crippen LogP contribution in [0.3, 0.4) is 0 Å². The van der Waals surface area contributed by atoms with Gasteiger partial charge in [-0.3, -0.25) is 4.79 Å². The van der Waals surface area contributed by atoms with Crippen LogP contribution in [-0.4, -0.2) is 28.2 Å². The highest BCUT2D eigenvalue weighted by Gasteiger charge is 2.50. The molecule has 3 heteroatoms. The Morgan fingerprint density at radius 1 is 1.43 bits per heavy atom. The quantitative estimate of drug-likeness (QED) is 0.769. The zero-order valence-electron chi connectivity index (χ0n) is 13.9. The van der Waals surface area contributed by atoms with E-state index in [1.54, 1.807) is 19.9 Å². The maximum atomic E-state index is 12.3. The molecule has 116 valence electrons. The number of rotatable bonds is 2. The van der Waals surface area contributed by atoms with Gasteiger partial charge in [-0.15, -0.1) is 0 Å². The lowest BCUT2D eigenvalue weighted by molar-refractivity contribution is -0.123. The second-order valence-electron chi connectivity index (χ2n) is 6.71. The molecular formula is C18H26O3. The number of Topliss-reactive ketones (excluding diaryl/α,β-unsaturated/α-hetero) is 1. The van der Waals surface area contributed by atoms with Crippen molar-refractivity contribution in [3.05, 3.63) is 22.8 Å². The average molecular weight is 290 g/mol. The summed E-state index contributed by atoms with van der Waals surface area (Å²) in [5.41, 5.74) is 0.0832. The number of hydrogen-bond donors (Lipinski definition) is 2. The van der Waals surface area contributed by atoms with Crippen molar-refractivity contribution in [3.8, 4) is 11.8 Å². The Kier molecular flexibility index (Phi) is 5.20. The fraction of sp³-hybridized carbons (Fsp3) is 0.611. The third kappa shape index (κ3) is 3.28. The molecule has 0 aromatic heterocycles. The zero-order valence-corrected chi connectivity index (χ0v) is 13.9. The Labute approximate surface area is 127 Å². The normalized spacial score (nSPS) is 26.0. The predicted molar refractivity (Wildman–Crippen MR) is 84.5 cm³/mol.